The zero-order chi connectivity index (χ0) is 17.1. The van der Waals surface area contributed by atoms with E-state index < -0.39 is 6.17 Å². The van der Waals surface area contributed by atoms with Crippen molar-refractivity contribution in [2.24, 2.45) is 11.8 Å². The molecule has 0 aromatic carbocycles. The van der Waals surface area contributed by atoms with Crippen LogP contribution < -0.4 is 10.6 Å². The van der Waals surface area contributed by atoms with Gasteiger partial charge < -0.3 is 5.32 Å². The van der Waals surface area contributed by atoms with Crippen LogP contribution in [0.1, 0.15) is 45.4 Å². The molecule has 0 spiro atoms. The molecule has 1 amide bonds. The van der Waals surface area contributed by atoms with Crippen LogP contribution in [0.5, 0.6) is 0 Å². The second-order valence-electron chi connectivity index (χ2n) is 8.00. The van der Waals surface area contributed by atoms with Crippen molar-refractivity contribution >= 4 is 5.91 Å². The number of nitrogens with one attached hydrogen (secondary N) is 2. The fourth-order valence-corrected chi connectivity index (χ4v) is 4.78. The van der Waals surface area contributed by atoms with E-state index in [1.165, 1.54) is 28.0 Å². The molecule has 2 aliphatic heterocycles. The molecule has 130 valence electrons. The summed E-state index contributed by atoms with van der Waals surface area (Å²) in [6.45, 7) is 2.73. The minimum Gasteiger partial charge on any atom is -0.381 e. The van der Waals surface area contributed by atoms with Crippen LogP contribution >= 0.6 is 0 Å². The molecule has 0 radical (unpaired) electrons. The Morgan fingerprint density at radius 1 is 1.40 bits per heavy atom. The Morgan fingerprint density at radius 3 is 3.04 bits per heavy atom. The van der Waals surface area contributed by atoms with Crippen LogP contribution in [0.15, 0.2) is 45.8 Å². The zero-order valence-corrected chi connectivity index (χ0v) is 14.6. The Bertz CT molecular complexity index is 811. The van der Waals surface area contributed by atoms with Crippen LogP contribution in [-0.4, -0.2) is 23.4 Å². The van der Waals surface area contributed by atoms with E-state index in [0.717, 1.165) is 43.4 Å². The van der Waals surface area contributed by atoms with Gasteiger partial charge >= 0.3 is 0 Å². The average molecular weight is 338 g/mol. The van der Waals surface area contributed by atoms with Gasteiger partial charge in [-0.05, 0) is 54.7 Å². The van der Waals surface area contributed by atoms with Crippen LogP contribution in [0, 0.1) is 16.7 Å². The molecule has 3 aliphatic carbocycles. The van der Waals surface area contributed by atoms with E-state index >= 15 is 0 Å². The van der Waals surface area contributed by atoms with Crippen molar-refractivity contribution in [1.82, 2.24) is 10.6 Å². The second kappa shape index (κ2) is 5.41. The predicted molar refractivity (Wildman–Crippen MR) is 94.1 cm³/mol. The highest BCUT2D eigenvalue weighted by molar-refractivity contribution is 5.77. The van der Waals surface area contributed by atoms with Gasteiger partial charge in [0.15, 0.2) is 0 Å². The lowest BCUT2D eigenvalue weighted by molar-refractivity contribution is -0.554. The van der Waals surface area contributed by atoms with Gasteiger partial charge in [0.1, 0.15) is 0 Å². The van der Waals surface area contributed by atoms with Crippen molar-refractivity contribution in [3.63, 3.8) is 0 Å². The van der Waals surface area contributed by atoms with E-state index in [9.17, 15) is 9.70 Å². The van der Waals surface area contributed by atoms with Gasteiger partial charge in [-0.2, -0.15) is 0 Å². The monoisotopic (exact) mass is 338 g/mol. The summed E-state index contributed by atoms with van der Waals surface area (Å²) in [6.07, 6.45) is 9.66. The molecule has 2 heterocycles. The van der Waals surface area contributed by atoms with E-state index in [-0.39, 0.29) is 11.8 Å². The highest BCUT2D eigenvalue weighted by atomic mass is 16.3. The van der Waals surface area contributed by atoms with Crippen LogP contribution in [0.2, 0.25) is 0 Å². The van der Waals surface area contributed by atoms with E-state index in [2.05, 4.69) is 22.8 Å². The number of carbonyl (C=O) groups excluding carboxylic acids is 1. The number of rotatable bonds is 3. The maximum atomic E-state index is 12.8. The van der Waals surface area contributed by atoms with Crippen molar-refractivity contribution in [2.45, 2.75) is 51.6 Å². The van der Waals surface area contributed by atoms with Gasteiger partial charge in [-0.25, -0.2) is 0 Å². The van der Waals surface area contributed by atoms with E-state index in [0.29, 0.717) is 18.0 Å². The SMILES string of the molecule is CC1=CC2=C3CCC=C4NCC(=C43)CC2C(NC(=O)CC2CC2)[N+]1=O. The number of fused-ring (bicyclic) bond motifs is 1. The minimum absolute atomic E-state index is 0.0287. The standard InChI is InChI=1S/C20H23N3O2/c1-11-7-15-14-3-2-4-17-19(14)13(10-21-17)9-16(15)20(23(11)25)22-18(24)8-12-5-6-12/h4,7,12,16,20-21H,2-3,5-6,8-10H2,1H3/p+1. The van der Waals surface area contributed by atoms with E-state index in [1.54, 1.807) is 0 Å². The lowest BCUT2D eigenvalue weighted by atomic mass is 9.73. The average Bonchev–Trinajstić information content (AvgIpc) is 3.31. The van der Waals surface area contributed by atoms with Gasteiger partial charge in [0.2, 0.25) is 11.6 Å². The molecular formula is C20H24N3O2+. The molecule has 2 atom stereocenters. The fraction of sp³-hybridized carbons (Fsp3) is 0.550. The maximum absolute atomic E-state index is 12.8. The molecule has 0 aromatic rings. The van der Waals surface area contributed by atoms with Crippen LogP contribution in [0.25, 0.3) is 0 Å². The van der Waals surface area contributed by atoms with Crippen molar-refractivity contribution in [3.8, 4) is 0 Å². The molecule has 2 N–H and O–H groups in total. The molecule has 1 saturated carbocycles. The van der Waals surface area contributed by atoms with Crippen molar-refractivity contribution in [1.29, 1.82) is 0 Å². The fourth-order valence-electron chi connectivity index (χ4n) is 4.78. The van der Waals surface area contributed by atoms with Gasteiger partial charge in [-0.15, -0.1) is 0 Å². The summed E-state index contributed by atoms with van der Waals surface area (Å²) in [5, 5.41) is 6.57. The summed E-state index contributed by atoms with van der Waals surface area (Å²) in [5.41, 5.74) is 7.42. The van der Waals surface area contributed by atoms with Gasteiger partial charge in [0, 0.05) is 42.1 Å². The van der Waals surface area contributed by atoms with Crippen molar-refractivity contribution in [3.05, 3.63) is 50.7 Å². The molecular weight excluding hydrogens is 314 g/mol. The zero-order valence-electron chi connectivity index (χ0n) is 14.6. The third-order valence-electron chi connectivity index (χ3n) is 6.20. The molecule has 1 fully saturated rings. The number of nitrogens with zero attached hydrogens (tertiary/aromatic N) is 1. The molecule has 5 nitrogen and oxygen atoms in total. The normalized spacial score (nSPS) is 30.4. The molecule has 5 aliphatic rings. The third-order valence-corrected chi connectivity index (χ3v) is 6.20. The highest BCUT2D eigenvalue weighted by Gasteiger charge is 2.48. The molecule has 0 bridgehead atoms. The molecule has 5 heteroatoms. The number of hydrogen-bond donors (Lipinski definition) is 2. The van der Waals surface area contributed by atoms with Gasteiger partial charge in [-0.3, -0.25) is 10.1 Å². The molecule has 0 saturated heterocycles. The lowest BCUT2D eigenvalue weighted by Gasteiger charge is -2.33. The summed E-state index contributed by atoms with van der Waals surface area (Å²) in [7, 11) is 0. The summed E-state index contributed by atoms with van der Waals surface area (Å²) >= 11 is 0. The topological polar surface area (TPSA) is 61.2 Å². The third kappa shape index (κ3) is 2.40. The summed E-state index contributed by atoms with van der Waals surface area (Å²) in [4.78, 5) is 25.1. The minimum atomic E-state index is -0.470. The van der Waals surface area contributed by atoms with E-state index in [1.807, 2.05) is 6.92 Å². The second-order valence-corrected chi connectivity index (χ2v) is 8.00. The number of hydrogen-bond acceptors (Lipinski definition) is 3. The van der Waals surface area contributed by atoms with Gasteiger partial charge in [0.25, 0.3) is 6.17 Å². The number of carbonyl (C=O) groups is 1. The largest absolute Gasteiger partial charge is 0.381 e. The van der Waals surface area contributed by atoms with Gasteiger partial charge in [0.05, 0.1) is 10.7 Å². The van der Waals surface area contributed by atoms with E-state index in [4.69, 9.17) is 0 Å². The first-order valence-corrected chi connectivity index (χ1v) is 9.45. The molecule has 2 unspecified atom stereocenters. The smallest absolute Gasteiger partial charge is 0.289 e. The highest BCUT2D eigenvalue weighted by Crippen LogP contribution is 2.47. The van der Waals surface area contributed by atoms with Gasteiger partial charge in [-0.1, -0.05) is 6.08 Å². The predicted octanol–water partition coefficient (Wildman–Crippen LogP) is 2.82. The number of allylic oxidation sites excluding steroid dienone is 4. The van der Waals surface area contributed by atoms with Crippen LogP contribution in [0.3, 0.4) is 0 Å². The molecule has 5 rings (SSSR count). The summed E-state index contributed by atoms with van der Waals surface area (Å²) in [5.74, 6) is 0.627. The lowest BCUT2D eigenvalue weighted by Crippen LogP contribution is -2.50. The van der Waals surface area contributed by atoms with Crippen molar-refractivity contribution in [2.75, 3.05) is 6.54 Å². The number of nitroso groups, excluding NO2 is 1. The molecule has 25 heavy (non-hydrogen) atoms. The summed E-state index contributed by atoms with van der Waals surface area (Å²) < 4.78 is 1.02. The Hall–Kier alpha value is -2.17. The Kier molecular flexibility index (Phi) is 3.27. The Labute approximate surface area is 147 Å². The first kappa shape index (κ1) is 15.1. The Morgan fingerprint density at radius 2 is 2.24 bits per heavy atom. The first-order valence-electron chi connectivity index (χ1n) is 9.45. The first-order chi connectivity index (χ1) is 12.1. The maximum Gasteiger partial charge on any atom is 0.289 e. The quantitative estimate of drug-likeness (QED) is 0.778. The van der Waals surface area contributed by atoms with Crippen LogP contribution in [0.4, 0.5) is 0 Å². The molecule has 0 aromatic heterocycles. The van der Waals surface area contributed by atoms with Crippen molar-refractivity contribution < 1.29 is 9.55 Å². The van der Waals surface area contributed by atoms with Crippen LogP contribution in [-0.2, 0) is 4.79 Å². The number of amides is 1. The summed E-state index contributed by atoms with van der Waals surface area (Å²) in [6, 6.07) is 0. The Balaban J connectivity index is 1.51.